The molecule has 2 N–H and O–H groups in total. The van der Waals surface area contributed by atoms with Crippen LogP contribution in [-0.4, -0.2) is 16.3 Å². The molecule has 0 radical (unpaired) electrons. The van der Waals surface area contributed by atoms with Crippen LogP contribution in [0.2, 0.25) is 0 Å². The standard InChI is InChI=1S/C15H12BrN3OS/c1-9-8-21-15(18-9)19-17-7-13-12-4-3-11(16)6-10(12)2-5-14(13)20/h2-8,20H,1H3,(H,18,19). The molecule has 0 fully saturated rings. The molecule has 0 aliphatic heterocycles. The molecule has 3 rings (SSSR count). The Bertz CT molecular complexity index is 829. The van der Waals surface area contributed by atoms with Gasteiger partial charge in [0.2, 0.25) is 5.13 Å². The lowest BCUT2D eigenvalue weighted by atomic mass is 10.0. The van der Waals surface area contributed by atoms with Crippen LogP contribution in [0.4, 0.5) is 5.13 Å². The van der Waals surface area contributed by atoms with Gasteiger partial charge in [-0.25, -0.2) is 4.98 Å². The van der Waals surface area contributed by atoms with E-state index in [0.717, 1.165) is 26.1 Å². The number of hydrogen-bond donors (Lipinski definition) is 2. The Kier molecular flexibility index (Phi) is 3.90. The van der Waals surface area contributed by atoms with Crippen molar-refractivity contribution in [1.29, 1.82) is 0 Å². The number of aromatic hydroxyl groups is 1. The van der Waals surface area contributed by atoms with Crippen molar-refractivity contribution in [2.45, 2.75) is 6.92 Å². The van der Waals surface area contributed by atoms with Gasteiger partial charge in [-0.1, -0.05) is 28.1 Å². The molecule has 0 spiro atoms. The highest BCUT2D eigenvalue weighted by Crippen LogP contribution is 2.28. The molecule has 3 aromatic rings. The van der Waals surface area contributed by atoms with Gasteiger partial charge in [-0.15, -0.1) is 11.3 Å². The summed E-state index contributed by atoms with van der Waals surface area (Å²) in [5, 5.41) is 18.9. The zero-order chi connectivity index (χ0) is 14.8. The molecule has 0 unspecified atom stereocenters. The lowest BCUT2D eigenvalue weighted by molar-refractivity contribution is 0.475. The molecular weight excluding hydrogens is 350 g/mol. The van der Waals surface area contributed by atoms with Crippen molar-refractivity contribution in [3.63, 3.8) is 0 Å². The number of hydrogen-bond acceptors (Lipinski definition) is 5. The average molecular weight is 362 g/mol. The number of phenols is 1. The highest BCUT2D eigenvalue weighted by molar-refractivity contribution is 9.10. The summed E-state index contributed by atoms with van der Waals surface area (Å²) >= 11 is 4.94. The van der Waals surface area contributed by atoms with Crippen LogP contribution < -0.4 is 5.43 Å². The van der Waals surface area contributed by atoms with E-state index in [1.54, 1.807) is 12.3 Å². The molecule has 106 valence electrons. The Morgan fingerprint density at radius 1 is 1.33 bits per heavy atom. The molecule has 0 amide bonds. The summed E-state index contributed by atoms with van der Waals surface area (Å²) in [5.74, 6) is 0.200. The van der Waals surface area contributed by atoms with Crippen LogP contribution in [0.5, 0.6) is 5.75 Å². The molecule has 4 nitrogen and oxygen atoms in total. The number of anilines is 1. The summed E-state index contributed by atoms with van der Waals surface area (Å²) in [7, 11) is 0. The Hall–Kier alpha value is -1.92. The molecule has 21 heavy (non-hydrogen) atoms. The third kappa shape index (κ3) is 3.06. The molecule has 0 saturated carbocycles. The van der Waals surface area contributed by atoms with Gasteiger partial charge in [0.25, 0.3) is 0 Å². The van der Waals surface area contributed by atoms with Crippen LogP contribution >= 0.6 is 27.3 Å². The lowest BCUT2D eigenvalue weighted by Gasteiger charge is -2.05. The SMILES string of the molecule is Cc1csc(NN=Cc2c(O)ccc3cc(Br)ccc23)n1. The molecule has 2 aromatic carbocycles. The number of fused-ring (bicyclic) bond motifs is 1. The minimum Gasteiger partial charge on any atom is -0.507 e. The maximum absolute atomic E-state index is 10.0. The number of hydrazone groups is 1. The quantitative estimate of drug-likeness (QED) is 0.532. The minimum atomic E-state index is 0.200. The average Bonchev–Trinajstić information content (AvgIpc) is 2.87. The second-order valence-corrected chi connectivity index (χ2v) is 6.30. The maximum Gasteiger partial charge on any atom is 0.203 e. The number of aromatic nitrogens is 1. The number of nitrogens with zero attached hydrogens (tertiary/aromatic N) is 2. The van der Waals surface area contributed by atoms with Gasteiger partial charge < -0.3 is 5.11 Å². The smallest absolute Gasteiger partial charge is 0.203 e. The topological polar surface area (TPSA) is 57.5 Å². The summed E-state index contributed by atoms with van der Waals surface area (Å²) in [6, 6.07) is 9.45. The van der Waals surface area contributed by atoms with E-state index in [1.807, 2.05) is 36.6 Å². The number of halogens is 1. The Labute approximate surface area is 134 Å². The van der Waals surface area contributed by atoms with E-state index in [2.05, 4.69) is 31.4 Å². The molecule has 0 aliphatic rings. The van der Waals surface area contributed by atoms with E-state index in [4.69, 9.17) is 0 Å². The first-order valence-corrected chi connectivity index (χ1v) is 7.93. The molecule has 1 aromatic heterocycles. The fraction of sp³-hybridized carbons (Fsp3) is 0.0667. The predicted molar refractivity (Wildman–Crippen MR) is 91.4 cm³/mol. The molecule has 0 saturated heterocycles. The third-order valence-corrected chi connectivity index (χ3v) is 4.33. The molecule has 1 heterocycles. The van der Waals surface area contributed by atoms with Crippen LogP contribution in [0.3, 0.4) is 0 Å². The van der Waals surface area contributed by atoms with Crippen molar-refractivity contribution in [1.82, 2.24) is 4.98 Å². The minimum absolute atomic E-state index is 0.200. The first-order valence-electron chi connectivity index (χ1n) is 6.26. The number of rotatable bonds is 3. The zero-order valence-electron chi connectivity index (χ0n) is 11.2. The van der Waals surface area contributed by atoms with E-state index in [0.29, 0.717) is 5.56 Å². The molecule has 6 heteroatoms. The first kappa shape index (κ1) is 14.0. The van der Waals surface area contributed by atoms with Crippen LogP contribution in [0.15, 0.2) is 45.3 Å². The van der Waals surface area contributed by atoms with E-state index >= 15 is 0 Å². The number of thiazole rings is 1. The second-order valence-electron chi connectivity index (χ2n) is 4.53. The van der Waals surface area contributed by atoms with Gasteiger partial charge in [-0.2, -0.15) is 5.10 Å². The van der Waals surface area contributed by atoms with Crippen LogP contribution in [0, 0.1) is 6.92 Å². The summed E-state index contributed by atoms with van der Waals surface area (Å²) in [4.78, 5) is 4.26. The monoisotopic (exact) mass is 361 g/mol. The maximum atomic E-state index is 10.0. The normalized spacial score (nSPS) is 11.3. The number of benzene rings is 2. The lowest BCUT2D eigenvalue weighted by Crippen LogP contribution is -1.92. The number of nitrogens with one attached hydrogen (secondary N) is 1. The van der Waals surface area contributed by atoms with Gasteiger partial charge in [-0.05, 0) is 35.9 Å². The van der Waals surface area contributed by atoms with Crippen LogP contribution in [-0.2, 0) is 0 Å². The van der Waals surface area contributed by atoms with Crippen molar-refractivity contribution in [2.75, 3.05) is 5.43 Å². The Morgan fingerprint density at radius 2 is 2.19 bits per heavy atom. The van der Waals surface area contributed by atoms with Crippen molar-refractivity contribution in [2.24, 2.45) is 5.10 Å². The number of aryl methyl sites for hydroxylation is 1. The van der Waals surface area contributed by atoms with E-state index < -0.39 is 0 Å². The van der Waals surface area contributed by atoms with Crippen LogP contribution in [0.25, 0.3) is 10.8 Å². The number of phenolic OH excluding ortho intramolecular Hbond substituents is 1. The second kappa shape index (κ2) is 5.83. The van der Waals surface area contributed by atoms with Crippen molar-refractivity contribution in [3.8, 4) is 5.75 Å². The van der Waals surface area contributed by atoms with Crippen molar-refractivity contribution in [3.05, 3.63) is 51.4 Å². The van der Waals surface area contributed by atoms with Gasteiger partial charge in [0, 0.05) is 15.4 Å². The predicted octanol–water partition coefficient (Wildman–Crippen LogP) is 4.52. The largest absolute Gasteiger partial charge is 0.507 e. The van der Waals surface area contributed by atoms with Gasteiger partial charge in [0.1, 0.15) is 5.75 Å². The third-order valence-electron chi connectivity index (χ3n) is 2.97. The van der Waals surface area contributed by atoms with Gasteiger partial charge in [-0.3, -0.25) is 5.43 Å². The summed E-state index contributed by atoms with van der Waals surface area (Å²) < 4.78 is 1.000. The Morgan fingerprint density at radius 3 is 2.95 bits per heavy atom. The van der Waals surface area contributed by atoms with Crippen LogP contribution in [0.1, 0.15) is 11.3 Å². The Balaban J connectivity index is 1.94. The fourth-order valence-corrected chi connectivity index (χ4v) is 3.02. The molecule has 0 atom stereocenters. The van der Waals surface area contributed by atoms with Crippen molar-refractivity contribution >= 4 is 49.4 Å². The highest BCUT2D eigenvalue weighted by atomic mass is 79.9. The van der Waals surface area contributed by atoms with Gasteiger partial charge >= 0.3 is 0 Å². The molecule has 0 bridgehead atoms. The summed E-state index contributed by atoms with van der Waals surface area (Å²) in [6.45, 7) is 1.93. The highest BCUT2D eigenvalue weighted by Gasteiger charge is 2.05. The van der Waals surface area contributed by atoms with Gasteiger partial charge in [0.15, 0.2) is 0 Å². The molecule has 0 aliphatic carbocycles. The fourth-order valence-electron chi connectivity index (χ4n) is 2.01. The van der Waals surface area contributed by atoms with E-state index in [-0.39, 0.29) is 5.75 Å². The first-order chi connectivity index (χ1) is 10.1. The van der Waals surface area contributed by atoms with E-state index in [1.165, 1.54) is 11.3 Å². The summed E-state index contributed by atoms with van der Waals surface area (Å²) in [6.07, 6.45) is 1.61. The zero-order valence-corrected chi connectivity index (χ0v) is 13.6. The van der Waals surface area contributed by atoms with Crippen molar-refractivity contribution < 1.29 is 5.11 Å². The van der Waals surface area contributed by atoms with Gasteiger partial charge in [0.05, 0.1) is 11.9 Å². The summed E-state index contributed by atoms with van der Waals surface area (Å²) in [5.41, 5.74) is 4.51. The molecular formula is C15H12BrN3OS. The van der Waals surface area contributed by atoms with E-state index in [9.17, 15) is 5.11 Å².